The van der Waals surface area contributed by atoms with Crippen molar-refractivity contribution in [2.45, 2.75) is 47.1 Å². The van der Waals surface area contributed by atoms with Crippen LogP contribution in [0.25, 0.3) is 0 Å². The Bertz CT molecular complexity index is 339. The van der Waals surface area contributed by atoms with E-state index in [4.69, 9.17) is 0 Å². The fourth-order valence-corrected chi connectivity index (χ4v) is 1.93. The molecule has 0 aliphatic rings. The van der Waals surface area contributed by atoms with Gasteiger partial charge in [-0.05, 0) is 45.2 Å². The lowest BCUT2D eigenvalue weighted by molar-refractivity contribution is 0.481. The normalized spacial score (nSPS) is 13.4. The van der Waals surface area contributed by atoms with Crippen molar-refractivity contribution in [2.75, 3.05) is 6.54 Å². The third kappa shape index (κ3) is 3.34. The molecular formula is C13H25N3. The molecule has 1 rings (SSSR count). The molecule has 1 unspecified atom stereocenters. The summed E-state index contributed by atoms with van der Waals surface area (Å²) in [5, 5.41) is 8.00. The van der Waals surface area contributed by atoms with E-state index in [0.717, 1.165) is 18.7 Å². The fourth-order valence-electron chi connectivity index (χ4n) is 1.93. The number of nitrogens with zero attached hydrogens (tertiary/aromatic N) is 2. The Morgan fingerprint density at radius 3 is 2.31 bits per heavy atom. The molecule has 1 N–H and O–H groups in total. The highest BCUT2D eigenvalue weighted by molar-refractivity contribution is 5.25. The van der Waals surface area contributed by atoms with Gasteiger partial charge in [0.05, 0.1) is 5.69 Å². The molecule has 0 bridgehead atoms. The van der Waals surface area contributed by atoms with E-state index in [1.54, 1.807) is 0 Å². The number of hydrogen-bond donors (Lipinski definition) is 1. The summed E-state index contributed by atoms with van der Waals surface area (Å²) >= 11 is 0. The molecule has 1 aromatic rings. The summed E-state index contributed by atoms with van der Waals surface area (Å²) in [6, 6.07) is 0.518. The molecule has 3 nitrogen and oxygen atoms in total. The zero-order valence-electron chi connectivity index (χ0n) is 11.5. The molecule has 0 amide bonds. The van der Waals surface area contributed by atoms with Crippen LogP contribution in [0.3, 0.4) is 0 Å². The number of rotatable bonds is 5. The summed E-state index contributed by atoms with van der Waals surface area (Å²) in [6.45, 7) is 12.0. The molecule has 0 aliphatic carbocycles. The van der Waals surface area contributed by atoms with Gasteiger partial charge in [-0.2, -0.15) is 5.10 Å². The standard InChI is InChI=1S/C13H25N3/c1-9(2)8-14-10(3)7-13-11(4)15-16(6)12(13)5/h9-10,14H,7-8H2,1-6H3. The predicted molar refractivity (Wildman–Crippen MR) is 68.7 cm³/mol. The number of nitrogens with one attached hydrogen (secondary N) is 1. The van der Waals surface area contributed by atoms with Crippen molar-refractivity contribution < 1.29 is 0 Å². The highest BCUT2D eigenvalue weighted by atomic mass is 15.3. The summed E-state index contributed by atoms with van der Waals surface area (Å²) in [7, 11) is 2.01. The van der Waals surface area contributed by atoms with E-state index in [2.05, 4.69) is 45.0 Å². The van der Waals surface area contributed by atoms with Gasteiger partial charge in [-0.1, -0.05) is 13.8 Å². The van der Waals surface area contributed by atoms with Crippen LogP contribution in [0.4, 0.5) is 0 Å². The molecule has 3 heteroatoms. The van der Waals surface area contributed by atoms with Gasteiger partial charge < -0.3 is 5.32 Å². The number of aryl methyl sites for hydroxylation is 2. The van der Waals surface area contributed by atoms with E-state index in [1.165, 1.54) is 11.3 Å². The van der Waals surface area contributed by atoms with Crippen molar-refractivity contribution in [3.8, 4) is 0 Å². The SMILES string of the molecule is Cc1nn(C)c(C)c1CC(C)NCC(C)C. The minimum Gasteiger partial charge on any atom is -0.314 e. The zero-order chi connectivity index (χ0) is 12.3. The van der Waals surface area contributed by atoms with E-state index in [9.17, 15) is 0 Å². The van der Waals surface area contributed by atoms with Crippen LogP contribution in [-0.2, 0) is 13.5 Å². The van der Waals surface area contributed by atoms with Crippen LogP contribution >= 0.6 is 0 Å². The van der Waals surface area contributed by atoms with E-state index in [0.29, 0.717) is 12.0 Å². The van der Waals surface area contributed by atoms with Crippen molar-refractivity contribution >= 4 is 0 Å². The van der Waals surface area contributed by atoms with Gasteiger partial charge in [0.1, 0.15) is 0 Å². The average molecular weight is 223 g/mol. The van der Waals surface area contributed by atoms with Gasteiger partial charge in [0, 0.05) is 18.8 Å². The minimum absolute atomic E-state index is 0.518. The Hall–Kier alpha value is -0.830. The van der Waals surface area contributed by atoms with Gasteiger partial charge >= 0.3 is 0 Å². The van der Waals surface area contributed by atoms with E-state index >= 15 is 0 Å². The molecule has 92 valence electrons. The number of aromatic nitrogens is 2. The lowest BCUT2D eigenvalue weighted by atomic mass is 10.0. The van der Waals surface area contributed by atoms with Crippen molar-refractivity contribution in [3.63, 3.8) is 0 Å². The second-order valence-electron chi connectivity index (χ2n) is 5.18. The molecule has 0 radical (unpaired) electrons. The van der Waals surface area contributed by atoms with Crippen LogP contribution in [0.15, 0.2) is 0 Å². The topological polar surface area (TPSA) is 29.9 Å². The molecule has 0 spiro atoms. The van der Waals surface area contributed by atoms with Gasteiger partial charge in [-0.15, -0.1) is 0 Å². The van der Waals surface area contributed by atoms with E-state index in [1.807, 2.05) is 11.7 Å². The molecule has 0 saturated heterocycles. The number of hydrogen-bond acceptors (Lipinski definition) is 2. The molecule has 1 atom stereocenters. The smallest absolute Gasteiger partial charge is 0.0628 e. The van der Waals surface area contributed by atoms with Crippen LogP contribution in [0.1, 0.15) is 37.7 Å². The molecule has 0 fully saturated rings. The van der Waals surface area contributed by atoms with Crippen LogP contribution in [0.5, 0.6) is 0 Å². The first kappa shape index (κ1) is 13.2. The Morgan fingerprint density at radius 1 is 1.25 bits per heavy atom. The van der Waals surface area contributed by atoms with Gasteiger partial charge in [0.2, 0.25) is 0 Å². The van der Waals surface area contributed by atoms with Crippen molar-refractivity contribution in [2.24, 2.45) is 13.0 Å². The van der Waals surface area contributed by atoms with Gasteiger partial charge in [-0.25, -0.2) is 0 Å². The maximum absolute atomic E-state index is 4.45. The molecule has 1 aromatic heterocycles. The second-order valence-corrected chi connectivity index (χ2v) is 5.18. The molecule has 0 saturated carbocycles. The van der Waals surface area contributed by atoms with E-state index < -0.39 is 0 Å². The maximum Gasteiger partial charge on any atom is 0.0628 e. The third-order valence-corrected chi connectivity index (χ3v) is 3.04. The lowest BCUT2D eigenvalue weighted by Crippen LogP contribution is -2.31. The summed E-state index contributed by atoms with van der Waals surface area (Å²) < 4.78 is 1.97. The fraction of sp³-hybridized carbons (Fsp3) is 0.769. The van der Waals surface area contributed by atoms with Gasteiger partial charge in [-0.3, -0.25) is 4.68 Å². The molecule has 1 heterocycles. The molecule has 0 aromatic carbocycles. The average Bonchev–Trinajstić information content (AvgIpc) is 2.42. The summed E-state index contributed by atoms with van der Waals surface area (Å²) in [6.07, 6.45) is 1.07. The zero-order valence-corrected chi connectivity index (χ0v) is 11.5. The Labute approximate surface area is 99.2 Å². The Balaban J connectivity index is 2.59. The monoisotopic (exact) mass is 223 g/mol. The van der Waals surface area contributed by atoms with Crippen LogP contribution in [0.2, 0.25) is 0 Å². The van der Waals surface area contributed by atoms with E-state index in [-0.39, 0.29) is 0 Å². The third-order valence-electron chi connectivity index (χ3n) is 3.04. The maximum atomic E-state index is 4.45. The summed E-state index contributed by atoms with van der Waals surface area (Å²) in [5.41, 5.74) is 3.85. The molecule has 16 heavy (non-hydrogen) atoms. The summed E-state index contributed by atoms with van der Waals surface area (Å²) in [4.78, 5) is 0. The highest BCUT2D eigenvalue weighted by Crippen LogP contribution is 2.14. The minimum atomic E-state index is 0.518. The van der Waals surface area contributed by atoms with Crippen LogP contribution in [0, 0.1) is 19.8 Å². The second kappa shape index (κ2) is 5.48. The van der Waals surface area contributed by atoms with Gasteiger partial charge in [0.15, 0.2) is 0 Å². The van der Waals surface area contributed by atoms with Crippen molar-refractivity contribution in [3.05, 3.63) is 17.0 Å². The quantitative estimate of drug-likeness (QED) is 0.829. The molecule has 0 aliphatic heterocycles. The predicted octanol–water partition coefficient (Wildman–Crippen LogP) is 2.21. The lowest BCUT2D eigenvalue weighted by Gasteiger charge is -2.15. The first-order valence-corrected chi connectivity index (χ1v) is 6.14. The molecular weight excluding hydrogens is 198 g/mol. The Kier molecular flexibility index (Phi) is 4.54. The summed E-state index contributed by atoms with van der Waals surface area (Å²) in [5.74, 6) is 0.707. The van der Waals surface area contributed by atoms with Crippen LogP contribution in [-0.4, -0.2) is 22.4 Å². The highest BCUT2D eigenvalue weighted by Gasteiger charge is 2.12. The van der Waals surface area contributed by atoms with Crippen molar-refractivity contribution in [1.29, 1.82) is 0 Å². The first-order valence-electron chi connectivity index (χ1n) is 6.14. The van der Waals surface area contributed by atoms with Crippen molar-refractivity contribution in [1.82, 2.24) is 15.1 Å². The first-order chi connectivity index (χ1) is 7.41. The largest absolute Gasteiger partial charge is 0.314 e. The van der Waals surface area contributed by atoms with Crippen LogP contribution < -0.4 is 5.32 Å². The Morgan fingerprint density at radius 2 is 1.88 bits per heavy atom. The van der Waals surface area contributed by atoms with Gasteiger partial charge in [0.25, 0.3) is 0 Å².